The Hall–Kier alpha value is -1.11. The lowest BCUT2D eigenvalue weighted by molar-refractivity contribution is 0.0640. The van der Waals surface area contributed by atoms with Crippen molar-refractivity contribution >= 4 is 15.7 Å². The smallest absolute Gasteiger partial charge is 0.243 e. The van der Waals surface area contributed by atoms with Gasteiger partial charge in [0.25, 0.3) is 0 Å². The summed E-state index contributed by atoms with van der Waals surface area (Å²) in [6, 6.07) is 3.20. The summed E-state index contributed by atoms with van der Waals surface area (Å²) in [6.07, 6.45) is 0. The summed E-state index contributed by atoms with van der Waals surface area (Å²) in [4.78, 5) is 0.191. The normalized spacial score (nSPS) is 13.0. The second-order valence-corrected chi connectivity index (χ2v) is 7.55. The van der Waals surface area contributed by atoms with Crippen LogP contribution >= 0.6 is 0 Å². The van der Waals surface area contributed by atoms with Crippen molar-refractivity contribution in [2.75, 3.05) is 19.3 Å². The number of nitrogens with zero attached hydrogens (tertiary/aromatic N) is 1. The van der Waals surface area contributed by atoms with Gasteiger partial charge in [-0.25, -0.2) is 8.42 Å². The topological polar surface area (TPSA) is 83.6 Å². The molecule has 6 heteroatoms. The second-order valence-electron chi connectivity index (χ2n) is 5.53. The SMILES string of the molecule is Cc1cc(N)cc(S(=O)(=O)N(C)CC(C)(C)O)c1C. The Kier molecular flexibility index (Phi) is 4.29. The van der Waals surface area contributed by atoms with Gasteiger partial charge in [-0.15, -0.1) is 0 Å². The van der Waals surface area contributed by atoms with Crippen LogP contribution in [0.1, 0.15) is 25.0 Å². The maximum atomic E-state index is 12.5. The van der Waals surface area contributed by atoms with E-state index in [1.807, 2.05) is 6.92 Å². The molecular formula is C13H22N2O3S. The van der Waals surface area contributed by atoms with Crippen molar-refractivity contribution in [2.45, 2.75) is 38.2 Å². The maximum Gasteiger partial charge on any atom is 0.243 e. The molecule has 3 N–H and O–H groups in total. The summed E-state index contributed by atoms with van der Waals surface area (Å²) in [7, 11) is -2.20. The van der Waals surface area contributed by atoms with E-state index in [-0.39, 0.29) is 11.4 Å². The van der Waals surface area contributed by atoms with Gasteiger partial charge in [0, 0.05) is 19.3 Å². The third kappa shape index (κ3) is 3.68. The predicted molar refractivity (Wildman–Crippen MR) is 76.4 cm³/mol. The fraction of sp³-hybridized carbons (Fsp3) is 0.538. The van der Waals surface area contributed by atoms with Crippen LogP contribution in [0.15, 0.2) is 17.0 Å². The maximum absolute atomic E-state index is 12.5. The van der Waals surface area contributed by atoms with Crippen LogP contribution in [-0.2, 0) is 10.0 Å². The molecule has 1 aromatic rings. The van der Waals surface area contributed by atoms with Gasteiger partial charge >= 0.3 is 0 Å². The van der Waals surface area contributed by atoms with E-state index in [9.17, 15) is 13.5 Å². The van der Waals surface area contributed by atoms with Gasteiger partial charge in [0.15, 0.2) is 0 Å². The first-order chi connectivity index (χ1) is 8.45. The molecule has 0 saturated carbocycles. The van der Waals surface area contributed by atoms with E-state index in [1.54, 1.807) is 26.8 Å². The summed E-state index contributed by atoms with van der Waals surface area (Å²) in [5, 5.41) is 9.75. The van der Waals surface area contributed by atoms with Crippen LogP contribution < -0.4 is 5.73 Å². The summed E-state index contributed by atoms with van der Waals surface area (Å²) < 4.78 is 26.1. The quantitative estimate of drug-likeness (QED) is 0.817. The molecule has 0 spiro atoms. The highest BCUT2D eigenvalue weighted by atomic mass is 32.2. The Labute approximate surface area is 115 Å². The van der Waals surface area contributed by atoms with E-state index in [0.29, 0.717) is 11.3 Å². The van der Waals surface area contributed by atoms with E-state index < -0.39 is 15.6 Å². The van der Waals surface area contributed by atoms with Gasteiger partial charge in [-0.3, -0.25) is 0 Å². The second kappa shape index (κ2) is 5.11. The third-order valence-corrected chi connectivity index (χ3v) is 4.87. The minimum absolute atomic E-state index is 0.0165. The molecule has 108 valence electrons. The van der Waals surface area contributed by atoms with Gasteiger partial charge in [0.05, 0.1) is 10.5 Å². The summed E-state index contributed by atoms with van der Waals surface area (Å²) in [5.74, 6) is 0. The summed E-state index contributed by atoms with van der Waals surface area (Å²) in [5.41, 5.74) is 6.55. The van der Waals surface area contributed by atoms with Crippen molar-refractivity contribution in [2.24, 2.45) is 0 Å². The molecule has 0 aromatic heterocycles. The number of hydrogen-bond donors (Lipinski definition) is 2. The fourth-order valence-electron chi connectivity index (χ4n) is 1.92. The number of rotatable bonds is 4. The number of aliphatic hydroxyl groups is 1. The molecule has 1 rings (SSSR count). The molecule has 0 unspecified atom stereocenters. The summed E-state index contributed by atoms with van der Waals surface area (Å²) in [6.45, 7) is 6.72. The van der Waals surface area contributed by atoms with Gasteiger partial charge in [-0.05, 0) is 51.0 Å². The molecule has 0 saturated heterocycles. The van der Waals surface area contributed by atoms with E-state index in [0.717, 1.165) is 9.87 Å². The van der Waals surface area contributed by atoms with Crippen LogP contribution in [0, 0.1) is 13.8 Å². The third-order valence-electron chi connectivity index (χ3n) is 2.94. The zero-order valence-corrected chi connectivity index (χ0v) is 12.9. The van der Waals surface area contributed by atoms with Crippen molar-refractivity contribution in [3.05, 3.63) is 23.3 Å². The Bertz CT molecular complexity index is 574. The first-order valence-corrected chi connectivity index (χ1v) is 7.44. The number of benzene rings is 1. The number of aryl methyl sites for hydroxylation is 1. The van der Waals surface area contributed by atoms with Crippen molar-refractivity contribution in [3.63, 3.8) is 0 Å². The van der Waals surface area contributed by atoms with Crippen LogP contribution in [0.3, 0.4) is 0 Å². The molecule has 5 nitrogen and oxygen atoms in total. The predicted octanol–water partition coefficient (Wildman–Crippen LogP) is 1.28. The van der Waals surface area contributed by atoms with Crippen molar-refractivity contribution in [1.82, 2.24) is 4.31 Å². The molecule has 0 aliphatic carbocycles. The monoisotopic (exact) mass is 286 g/mol. The summed E-state index contributed by atoms with van der Waals surface area (Å²) >= 11 is 0. The van der Waals surface area contributed by atoms with Crippen molar-refractivity contribution in [3.8, 4) is 0 Å². The molecule has 0 bridgehead atoms. The van der Waals surface area contributed by atoms with Crippen LogP contribution in [-0.4, -0.2) is 37.0 Å². The van der Waals surface area contributed by atoms with Crippen molar-refractivity contribution < 1.29 is 13.5 Å². The highest BCUT2D eigenvalue weighted by Gasteiger charge is 2.28. The Morgan fingerprint density at radius 1 is 1.32 bits per heavy atom. The first kappa shape index (κ1) is 15.9. The molecule has 0 aliphatic rings. The van der Waals surface area contributed by atoms with E-state index in [2.05, 4.69) is 0 Å². The molecule has 0 atom stereocenters. The zero-order chi connectivity index (χ0) is 15.0. The molecule has 1 aromatic carbocycles. The van der Waals surface area contributed by atoms with Gasteiger partial charge < -0.3 is 10.8 Å². The zero-order valence-electron chi connectivity index (χ0n) is 12.1. The van der Waals surface area contributed by atoms with Crippen LogP contribution in [0.2, 0.25) is 0 Å². The standard InChI is InChI=1S/C13H22N2O3S/c1-9-6-11(14)7-12(10(9)2)19(17,18)15(5)8-13(3,4)16/h6-7,16H,8,14H2,1-5H3. The fourth-order valence-corrected chi connectivity index (χ4v) is 3.57. The number of nitrogen functional groups attached to an aromatic ring is 1. The minimum atomic E-state index is -3.65. The van der Waals surface area contributed by atoms with Crippen molar-refractivity contribution in [1.29, 1.82) is 0 Å². The van der Waals surface area contributed by atoms with Gasteiger partial charge in [0.2, 0.25) is 10.0 Å². The van der Waals surface area contributed by atoms with E-state index in [4.69, 9.17) is 5.73 Å². The molecule has 0 fully saturated rings. The Morgan fingerprint density at radius 3 is 2.32 bits per heavy atom. The first-order valence-electron chi connectivity index (χ1n) is 6.00. The van der Waals surface area contributed by atoms with E-state index in [1.165, 1.54) is 13.1 Å². The molecule has 0 heterocycles. The number of anilines is 1. The largest absolute Gasteiger partial charge is 0.399 e. The lowest BCUT2D eigenvalue weighted by Gasteiger charge is -2.26. The van der Waals surface area contributed by atoms with Gasteiger partial charge in [0.1, 0.15) is 0 Å². The molecular weight excluding hydrogens is 264 g/mol. The number of hydrogen-bond acceptors (Lipinski definition) is 4. The van der Waals surface area contributed by atoms with Crippen LogP contribution in [0.25, 0.3) is 0 Å². The van der Waals surface area contributed by atoms with E-state index >= 15 is 0 Å². The average Bonchev–Trinajstić information content (AvgIpc) is 2.20. The highest BCUT2D eigenvalue weighted by molar-refractivity contribution is 7.89. The number of likely N-dealkylation sites (N-methyl/N-ethyl adjacent to an activating group) is 1. The molecule has 0 aliphatic heterocycles. The average molecular weight is 286 g/mol. The Morgan fingerprint density at radius 2 is 1.84 bits per heavy atom. The number of nitrogens with two attached hydrogens (primary N) is 1. The lowest BCUT2D eigenvalue weighted by Crippen LogP contribution is -2.39. The lowest BCUT2D eigenvalue weighted by atomic mass is 10.1. The highest BCUT2D eigenvalue weighted by Crippen LogP contribution is 2.25. The van der Waals surface area contributed by atoms with Gasteiger partial charge in [-0.2, -0.15) is 4.31 Å². The van der Waals surface area contributed by atoms with Crippen LogP contribution in [0.4, 0.5) is 5.69 Å². The number of sulfonamides is 1. The Balaban J connectivity index is 3.28. The van der Waals surface area contributed by atoms with Gasteiger partial charge in [-0.1, -0.05) is 0 Å². The molecule has 0 amide bonds. The van der Waals surface area contributed by atoms with Crippen LogP contribution in [0.5, 0.6) is 0 Å². The molecule has 0 radical (unpaired) electrons. The molecule has 19 heavy (non-hydrogen) atoms. The minimum Gasteiger partial charge on any atom is -0.399 e.